The van der Waals surface area contributed by atoms with Gasteiger partial charge in [0.2, 0.25) is 0 Å². The van der Waals surface area contributed by atoms with E-state index >= 15 is 0 Å². The van der Waals surface area contributed by atoms with E-state index in [4.69, 9.17) is 9.84 Å². The van der Waals surface area contributed by atoms with Gasteiger partial charge in [0.1, 0.15) is 12.4 Å². The highest BCUT2D eigenvalue weighted by Gasteiger charge is 2.02. The van der Waals surface area contributed by atoms with Crippen molar-refractivity contribution in [2.75, 3.05) is 13.7 Å². The Labute approximate surface area is 129 Å². The third kappa shape index (κ3) is 6.96. The van der Waals surface area contributed by atoms with Crippen molar-refractivity contribution < 1.29 is 9.84 Å². The van der Waals surface area contributed by atoms with Crippen molar-refractivity contribution >= 4 is 0 Å². The lowest BCUT2D eigenvalue weighted by Gasteiger charge is -2.11. The zero-order chi connectivity index (χ0) is 16.1. The summed E-state index contributed by atoms with van der Waals surface area (Å²) in [6.45, 7) is 10.6. The molecule has 21 heavy (non-hydrogen) atoms. The van der Waals surface area contributed by atoms with Gasteiger partial charge in [-0.1, -0.05) is 37.3 Å². The van der Waals surface area contributed by atoms with Crippen LogP contribution in [0, 0.1) is 0 Å². The molecule has 0 aromatic heterocycles. The molecule has 0 unspecified atom stereocenters. The summed E-state index contributed by atoms with van der Waals surface area (Å²) in [5.74, 6) is 0.938. The molecular formula is C19H28O2. The summed E-state index contributed by atoms with van der Waals surface area (Å²) in [7, 11) is 1.00. The van der Waals surface area contributed by atoms with E-state index in [1.807, 2.05) is 32.1 Å². The molecule has 0 aliphatic heterocycles. The van der Waals surface area contributed by atoms with E-state index in [0.717, 1.165) is 25.7 Å². The molecule has 0 bridgehead atoms. The molecule has 0 saturated heterocycles. The second-order valence-corrected chi connectivity index (χ2v) is 4.43. The summed E-state index contributed by atoms with van der Waals surface area (Å²) in [5, 5.41) is 7.00. The third-order valence-electron chi connectivity index (χ3n) is 3.08. The maximum absolute atomic E-state index is 7.00. The van der Waals surface area contributed by atoms with Gasteiger partial charge in [0.25, 0.3) is 0 Å². The predicted octanol–water partition coefficient (Wildman–Crippen LogP) is 4.49. The molecule has 0 atom stereocenters. The molecule has 2 nitrogen and oxygen atoms in total. The Morgan fingerprint density at radius 2 is 1.95 bits per heavy atom. The van der Waals surface area contributed by atoms with Crippen LogP contribution in [0.2, 0.25) is 0 Å². The van der Waals surface area contributed by atoms with Crippen LogP contribution in [0.25, 0.3) is 0 Å². The fourth-order valence-corrected chi connectivity index (χ4v) is 1.98. The van der Waals surface area contributed by atoms with Crippen LogP contribution in [0.3, 0.4) is 0 Å². The van der Waals surface area contributed by atoms with Crippen molar-refractivity contribution in [3.05, 3.63) is 65.8 Å². The monoisotopic (exact) mass is 288 g/mol. The maximum atomic E-state index is 7.00. The molecule has 1 rings (SSSR count). The molecule has 0 spiro atoms. The Balaban J connectivity index is 0.00000191. The van der Waals surface area contributed by atoms with Crippen molar-refractivity contribution in [1.29, 1.82) is 0 Å². The predicted molar refractivity (Wildman–Crippen MR) is 91.9 cm³/mol. The molecule has 116 valence electrons. The Kier molecular flexibility index (Phi) is 11.0. The highest BCUT2D eigenvalue weighted by atomic mass is 16.5. The van der Waals surface area contributed by atoms with Crippen LogP contribution in [-0.4, -0.2) is 18.8 Å². The van der Waals surface area contributed by atoms with Crippen molar-refractivity contribution in [2.24, 2.45) is 0 Å². The van der Waals surface area contributed by atoms with Crippen LogP contribution < -0.4 is 4.74 Å². The fraction of sp³-hybridized carbons (Fsp3) is 0.368. The number of ether oxygens (including phenoxy) is 1. The van der Waals surface area contributed by atoms with Crippen LogP contribution >= 0.6 is 0 Å². The molecule has 1 aromatic carbocycles. The summed E-state index contributed by atoms with van der Waals surface area (Å²) >= 11 is 0. The fourth-order valence-electron chi connectivity index (χ4n) is 1.98. The van der Waals surface area contributed by atoms with Crippen molar-refractivity contribution in [3.8, 4) is 5.75 Å². The van der Waals surface area contributed by atoms with Gasteiger partial charge in [0, 0.05) is 7.11 Å². The number of hydrogen-bond acceptors (Lipinski definition) is 2. The Morgan fingerprint density at radius 1 is 1.24 bits per heavy atom. The molecule has 1 N–H and O–H groups in total. The molecule has 0 aliphatic carbocycles. The Bertz CT molecular complexity index is 470. The molecule has 1 aromatic rings. The first kappa shape index (κ1) is 19.2. The molecule has 0 saturated carbocycles. The van der Waals surface area contributed by atoms with Gasteiger partial charge in [-0.3, -0.25) is 0 Å². The zero-order valence-electron chi connectivity index (χ0n) is 13.7. The number of aliphatic hydroxyl groups excluding tert-OH is 1. The highest BCUT2D eigenvalue weighted by molar-refractivity contribution is 5.37. The normalized spacial score (nSPS) is 11.0. The van der Waals surface area contributed by atoms with E-state index in [9.17, 15) is 0 Å². The van der Waals surface area contributed by atoms with Crippen LogP contribution in [0.4, 0.5) is 0 Å². The molecule has 2 heteroatoms. The third-order valence-corrected chi connectivity index (χ3v) is 3.08. The van der Waals surface area contributed by atoms with E-state index in [-0.39, 0.29) is 0 Å². The second kappa shape index (κ2) is 12.0. The van der Waals surface area contributed by atoms with Crippen molar-refractivity contribution in [1.82, 2.24) is 0 Å². The van der Waals surface area contributed by atoms with Gasteiger partial charge in [0.15, 0.2) is 0 Å². The average molecular weight is 288 g/mol. The topological polar surface area (TPSA) is 29.5 Å². The van der Waals surface area contributed by atoms with Crippen LogP contribution in [0.15, 0.2) is 54.7 Å². The molecule has 0 amide bonds. The lowest BCUT2D eigenvalue weighted by Crippen LogP contribution is -2.01. The first-order valence-corrected chi connectivity index (χ1v) is 7.33. The van der Waals surface area contributed by atoms with E-state index in [1.165, 1.54) is 16.7 Å². The van der Waals surface area contributed by atoms with Gasteiger partial charge in [-0.25, -0.2) is 0 Å². The standard InChI is InChI=1S/C18H24O.CH4O/c1-5-9-15(7-3)14-19-18-12-11-17(10-6-2)16(8-4)13-18;1-2/h5-7,9,11-13H,2,8,10,14H2,1,3-4H3;2H,1H3/b9-5-,15-7+;. The summed E-state index contributed by atoms with van der Waals surface area (Å²) in [6, 6.07) is 6.32. The average Bonchev–Trinajstić information content (AvgIpc) is 2.54. The van der Waals surface area contributed by atoms with Crippen LogP contribution in [0.1, 0.15) is 31.9 Å². The first-order chi connectivity index (χ1) is 10.2. The van der Waals surface area contributed by atoms with Gasteiger partial charge in [-0.2, -0.15) is 0 Å². The van der Waals surface area contributed by atoms with Gasteiger partial charge < -0.3 is 9.84 Å². The number of aryl methyl sites for hydroxylation is 1. The SMILES string of the molecule is C=CCc1ccc(OCC(/C=C\C)=C/C)cc1CC.CO. The smallest absolute Gasteiger partial charge is 0.120 e. The minimum atomic E-state index is 0.616. The largest absolute Gasteiger partial charge is 0.489 e. The zero-order valence-corrected chi connectivity index (χ0v) is 13.7. The van der Waals surface area contributed by atoms with E-state index in [1.54, 1.807) is 0 Å². The molecule has 0 fully saturated rings. The lowest BCUT2D eigenvalue weighted by molar-refractivity contribution is 0.355. The number of allylic oxidation sites excluding steroid dienone is 3. The Hall–Kier alpha value is -1.80. The lowest BCUT2D eigenvalue weighted by atomic mass is 10.0. The number of benzene rings is 1. The summed E-state index contributed by atoms with van der Waals surface area (Å²) in [5.41, 5.74) is 3.87. The number of aliphatic hydroxyl groups is 1. The molecular weight excluding hydrogens is 260 g/mol. The molecule has 0 heterocycles. The van der Waals surface area contributed by atoms with Crippen molar-refractivity contribution in [3.63, 3.8) is 0 Å². The van der Waals surface area contributed by atoms with E-state index in [0.29, 0.717) is 6.61 Å². The Morgan fingerprint density at radius 3 is 2.48 bits per heavy atom. The maximum Gasteiger partial charge on any atom is 0.120 e. The quantitative estimate of drug-likeness (QED) is 0.592. The first-order valence-electron chi connectivity index (χ1n) is 7.33. The van der Waals surface area contributed by atoms with Crippen LogP contribution in [-0.2, 0) is 12.8 Å². The summed E-state index contributed by atoms with van der Waals surface area (Å²) < 4.78 is 5.84. The molecule has 0 aliphatic rings. The summed E-state index contributed by atoms with van der Waals surface area (Å²) in [4.78, 5) is 0. The van der Waals surface area contributed by atoms with E-state index < -0.39 is 0 Å². The minimum absolute atomic E-state index is 0.616. The van der Waals surface area contributed by atoms with Gasteiger partial charge in [-0.05, 0) is 55.5 Å². The van der Waals surface area contributed by atoms with Gasteiger partial charge in [-0.15, -0.1) is 6.58 Å². The minimum Gasteiger partial charge on any atom is -0.489 e. The van der Waals surface area contributed by atoms with Crippen molar-refractivity contribution in [2.45, 2.75) is 33.6 Å². The van der Waals surface area contributed by atoms with E-state index in [2.05, 4.69) is 37.8 Å². The molecule has 0 radical (unpaired) electrons. The van der Waals surface area contributed by atoms with Gasteiger partial charge in [0.05, 0.1) is 0 Å². The summed E-state index contributed by atoms with van der Waals surface area (Å²) in [6.07, 6.45) is 10.1. The number of rotatable bonds is 7. The van der Waals surface area contributed by atoms with Gasteiger partial charge >= 0.3 is 0 Å². The highest BCUT2D eigenvalue weighted by Crippen LogP contribution is 2.20. The second-order valence-electron chi connectivity index (χ2n) is 4.43. The van der Waals surface area contributed by atoms with Crippen LogP contribution in [0.5, 0.6) is 5.75 Å². The number of hydrogen-bond donors (Lipinski definition) is 1.